The van der Waals surface area contributed by atoms with Crippen molar-refractivity contribution >= 4 is 17.3 Å². The van der Waals surface area contributed by atoms with Crippen LogP contribution in [0.1, 0.15) is 20.8 Å². The summed E-state index contributed by atoms with van der Waals surface area (Å²) in [5.74, 6) is -1.24. The van der Waals surface area contributed by atoms with Gasteiger partial charge in [-0.3, -0.25) is 0 Å². The number of carboxylic acid groups (broad SMARTS) is 1. The van der Waals surface area contributed by atoms with Crippen LogP contribution in [0.15, 0.2) is 24.3 Å². The van der Waals surface area contributed by atoms with E-state index >= 15 is 0 Å². The molecule has 1 rings (SSSR count). The third kappa shape index (κ3) is 4.13. The molecule has 0 saturated carbocycles. The molecular formula is C14H22N2O3. The van der Waals surface area contributed by atoms with Crippen molar-refractivity contribution in [2.45, 2.75) is 26.4 Å². The molecular weight excluding hydrogens is 244 g/mol. The molecule has 1 unspecified atom stereocenters. The Hall–Kier alpha value is -1.75. The number of aliphatic carboxylic acids is 1. The van der Waals surface area contributed by atoms with Crippen LogP contribution in [0.25, 0.3) is 0 Å². The van der Waals surface area contributed by atoms with Crippen LogP contribution in [0.5, 0.6) is 0 Å². The Morgan fingerprint density at radius 3 is 2.21 bits per heavy atom. The third-order valence-corrected chi connectivity index (χ3v) is 3.09. The van der Waals surface area contributed by atoms with E-state index in [1.807, 2.05) is 24.3 Å². The highest BCUT2D eigenvalue weighted by Crippen LogP contribution is 2.18. The minimum Gasteiger partial charge on any atom is -0.479 e. The normalized spacial score (nSPS) is 13.7. The molecule has 0 aliphatic rings. The summed E-state index contributed by atoms with van der Waals surface area (Å²) in [6, 6.07) is 7.72. The molecule has 1 aromatic rings. The van der Waals surface area contributed by atoms with Gasteiger partial charge in [0, 0.05) is 24.5 Å². The third-order valence-electron chi connectivity index (χ3n) is 3.09. The summed E-state index contributed by atoms with van der Waals surface area (Å²) in [7, 11) is 0. The van der Waals surface area contributed by atoms with Gasteiger partial charge in [-0.15, -0.1) is 0 Å². The summed E-state index contributed by atoms with van der Waals surface area (Å²) in [6.07, 6.45) is 0. The molecule has 0 saturated heterocycles. The van der Waals surface area contributed by atoms with Gasteiger partial charge >= 0.3 is 5.97 Å². The Kier molecular flexibility index (Phi) is 5.18. The molecule has 5 heteroatoms. The maximum absolute atomic E-state index is 10.8. The van der Waals surface area contributed by atoms with Crippen LogP contribution in [0.4, 0.5) is 11.4 Å². The van der Waals surface area contributed by atoms with Crippen molar-refractivity contribution in [3.8, 4) is 0 Å². The van der Waals surface area contributed by atoms with Crippen molar-refractivity contribution in [3.05, 3.63) is 24.3 Å². The van der Waals surface area contributed by atoms with E-state index in [2.05, 4.69) is 24.1 Å². The molecule has 0 radical (unpaired) electrons. The maximum atomic E-state index is 10.8. The second-order valence-corrected chi connectivity index (χ2v) is 4.65. The summed E-state index contributed by atoms with van der Waals surface area (Å²) in [6.45, 7) is 7.31. The van der Waals surface area contributed by atoms with Crippen LogP contribution >= 0.6 is 0 Å². The predicted octanol–water partition coefficient (Wildman–Crippen LogP) is 1.78. The average Bonchev–Trinajstić information content (AvgIpc) is 2.39. The molecule has 0 spiro atoms. The smallest absolute Gasteiger partial charge is 0.337 e. The quantitative estimate of drug-likeness (QED) is 0.701. The molecule has 0 aromatic heterocycles. The molecule has 5 nitrogen and oxygen atoms in total. The van der Waals surface area contributed by atoms with E-state index in [9.17, 15) is 9.90 Å². The highest BCUT2D eigenvalue weighted by atomic mass is 16.4. The first-order valence-corrected chi connectivity index (χ1v) is 6.45. The van der Waals surface area contributed by atoms with Crippen molar-refractivity contribution in [3.63, 3.8) is 0 Å². The van der Waals surface area contributed by atoms with Crippen LogP contribution in [0.3, 0.4) is 0 Å². The van der Waals surface area contributed by atoms with Gasteiger partial charge in [-0.2, -0.15) is 0 Å². The molecule has 0 aliphatic heterocycles. The van der Waals surface area contributed by atoms with Crippen LogP contribution < -0.4 is 10.2 Å². The molecule has 0 heterocycles. The summed E-state index contributed by atoms with van der Waals surface area (Å²) >= 11 is 0. The molecule has 0 amide bonds. The van der Waals surface area contributed by atoms with Gasteiger partial charge < -0.3 is 20.4 Å². The monoisotopic (exact) mass is 266 g/mol. The fourth-order valence-corrected chi connectivity index (χ4v) is 1.73. The molecule has 0 aliphatic carbocycles. The van der Waals surface area contributed by atoms with Crippen LogP contribution in [0.2, 0.25) is 0 Å². The number of carboxylic acids is 1. The van der Waals surface area contributed by atoms with Gasteiger partial charge in [-0.05, 0) is 45.0 Å². The van der Waals surface area contributed by atoms with E-state index in [-0.39, 0.29) is 6.54 Å². The second kappa shape index (κ2) is 6.43. The SMILES string of the molecule is CCN(CC)c1ccc(NCC(C)(O)C(=O)O)cc1. The lowest BCUT2D eigenvalue weighted by molar-refractivity contribution is -0.155. The number of hydrogen-bond acceptors (Lipinski definition) is 4. The zero-order chi connectivity index (χ0) is 14.5. The lowest BCUT2D eigenvalue weighted by Crippen LogP contribution is -2.41. The number of aliphatic hydroxyl groups is 1. The summed E-state index contributed by atoms with van der Waals surface area (Å²) < 4.78 is 0. The van der Waals surface area contributed by atoms with Gasteiger partial charge in [0.1, 0.15) is 0 Å². The Morgan fingerprint density at radius 2 is 1.79 bits per heavy atom. The van der Waals surface area contributed by atoms with Gasteiger partial charge in [-0.1, -0.05) is 0 Å². The molecule has 19 heavy (non-hydrogen) atoms. The van der Waals surface area contributed by atoms with Crippen LogP contribution in [0, 0.1) is 0 Å². The van der Waals surface area contributed by atoms with E-state index in [0.717, 1.165) is 24.5 Å². The van der Waals surface area contributed by atoms with Crippen molar-refractivity contribution < 1.29 is 15.0 Å². The van der Waals surface area contributed by atoms with Crippen molar-refractivity contribution in [2.24, 2.45) is 0 Å². The van der Waals surface area contributed by atoms with Crippen molar-refractivity contribution in [2.75, 3.05) is 29.9 Å². The molecule has 0 bridgehead atoms. The summed E-state index contributed by atoms with van der Waals surface area (Å²) in [4.78, 5) is 13.0. The van der Waals surface area contributed by atoms with E-state index < -0.39 is 11.6 Å². The Balaban J connectivity index is 2.65. The lowest BCUT2D eigenvalue weighted by Gasteiger charge is -2.22. The number of benzene rings is 1. The number of nitrogens with zero attached hydrogens (tertiary/aromatic N) is 1. The lowest BCUT2D eigenvalue weighted by atomic mass is 10.1. The minimum absolute atomic E-state index is 0.0348. The molecule has 0 fully saturated rings. The number of nitrogens with one attached hydrogen (secondary N) is 1. The number of hydrogen-bond donors (Lipinski definition) is 3. The van der Waals surface area contributed by atoms with Gasteiger partial charge in [-0.25, -0.2) is 4.79 Å². The standard InChI is InChI=1S/C14H22N2O3/c1-4-16(5-2)12-8-6-11(7-9-12)15-10-14(3,19)13(17)18/h6-9,15,19H,4-5,10H2,1-3H3,(H,17,18). The summed E-state index contributed by atoms with van der Waals surface area (Å²) in [5.41, 5.74) is 0.148. The first-order chi connectivity index (χ1) is 8.90. The first-order valence-electron chi connectivity index (χ1n) is 6.45. The molecule has 106 valence electrons. The van der Waals surface area contributed by atoms with E-state index in [1.165, 1.54) is 6.92 Å². The topological polar surface area (TPSA) is 72.8 Å². The average molecular weight is 266 g/mol. The fraction of sp³-hybridized carbons (Fsp3) is 0.500. The van der Waals surface area contributed by atoms with E-state index in [4.69, 9.17) is 5.11 Å². The number of rotatable bonds is 7. The summed E-state index contributed by atoms with van der Waals surface area (Å²) in [5, 5.41) is 21.3. The highest BCUT2D eigenvalue weighted by Gasteiger charge is 2.29. The van der Waals surface area contributed by atoms with Gasteiger partial charge in [0.05, 0.1) is 6.54 Å². The van der Waals surface area contributed by atoms with Gasteiger partial charge in [0.2, 0.25) is 0 Å². The van der Waals surface area contributed by atoms with E-state index in [0.29, 0.717) is 0 Å². The second-order valence-electron chi connectivity index (χ2n) is 4.65. The molecule has 3 N–H and O–H groups in total. The Labute approximate surface area is 113 Å². The number of carbonyl (C=O) groups is 1. The zero-order valence-electron chi connectivity index (χ0n) is 11.7. The minimum atomic E-state index is -1.77. The van der Waals surface area contributed by atoms with Crippen molar-refractivity contribution in [1.82, 2.24) is 0 Å². The Bertz CT molecular complexity index is 411. The zero-order valence-corrected chi connectivity index (χ0v) is 11.7. The predicted molar refractivity (Wildman–Crippen MR) is 76.8 cm³/mol. The molecule has 1 aromatic carbocycles. The van der Waals surface area contributed by atoms with Gasteiger partial charge in [0.15, 0.2) is 5.60 Å². The van der Waals surface area contributed by atoms with Crippen LogP contribution in [-0.2, 0) is 4.79 Å². The van der Waals surface area contributed by atoms with Crippen molar-refractivity contribution in [1.29, 1.82) is 0 Å². The van der Waals surface area contributed by atoms with E-state index in [1.54, 1.807) is 0 Å². The van der Waals surface area contributed by atoms with Crippen LogP contribution in [-0.4, -0.2) is 41.4 Å². The fourth-order valence-electron chi connectivity index (χ4n) is 1.73. The molecule has 1 atom stereocenters. The van der Waals surface area contributed by atoms with Gasteiger partial charge in [0.25, 0.3) is 0 Å². The largest absolute Gasteiger partial charge is 0.479 e. The number of anilines is 2. The Morgan fingerprint density at radius 1 is 1.26 bits per heavy atom. The highest BCUT2D eigenvalue weighted by molar-refractivity contribution is 5.77. The maximum Gasteiger partial charge on any atom is 0.337 e. The first kappa shape index (κ1) is 15.3.